The first-order chi connectivity index (χ1) is 11.3. The van der Waals surface area contributed by atoms with Gasteiger partial charge in [-0.05, 0) is 31.1 Å². The quantitative estimate of drug-likeness (QED) is 0.743. The number of hydrogen-bond donors (Lipinski definition) is 1. The van der Waals surface area contributed by atoms with Crippen LogP contribution in [0.1, 0.15) is 39.5 Å². The van der Waals surface area contributed by atoms with Gasteiger partial charge < -0.3 is 4.74 Å². The van der Waals surface area contributed by atoms with Crippen LogP contribution in [-0.4, -0.2) is 68.5 Å². The van der Waals surface area contributed by atoms with Gasteiger partial charge in [-0.25, -0.2) is 0 Å². The summed E-state index contributed by atoms with van der Waals surface area (Å²) >= 11 is 0. The van der Waals surface area contributed by atoms with Gasteiger partial charge in [0.2, 0.25) is 0 Å². The lowest BCUT2D eigenvalue weighted by Gasteiger charge is -2.37. The minimum Gasteiger partial charge on any atom is -0.464 e. The molecule has 0 saturated carbocycles. The summed E-state index contributed by atoms with van der Waals surface area (Å²) < 4.78 is 34.8. The van der Waals surface area contributed by atoms with Gasteiger partial charge in [0.25, 0.3) is 10.2 Å². The fourth-order valence-electron chi connectivity index (χ4n) is 4.23. The molecule has 0 aromatic carbocycles. The topological polar surface area (TPSA) is 79.0 Å². The highest BCUT2D eigenvalue weighted by molar-refractivity contribution is 7.87. The van der Waals surface area contributed by atoms with Crippen molar-refractivity contribution < 1.29 is 17.9 Å². The molecule has 0 aromatic heterocycles. The molecule has 3 rings (SSSR count). The molecule has 3 heterocycles. The number of cyclic esters (lactones) is 1. The first-order valence-electron chi connectivity index (χ1n) is 9.03. The van der Waals surface area contributed by atoms with Crippen LogP contribution in [0.15, 0.2) is 0 Å². The summed E-state index contributed by atoms with van der Waals surface area (Å²) in [4.78, 5) is 13.8. The SMILES string of the molecule is C[C@@H]1C[C@@H](C)CN(S(=O)(=O)NC2CCN([C@@H]3CCOC3=O)CC2)C1. The third-order valence-corrected chi connectivity index (χ3v) is 6.98. The molecule has 0 bridgehead atoms. The van der Waals surface area contributed by atoms with E-state index in [1.54, 1.807) is 4.31 Å². The molecule has 1 N–H and O–H groups in total. The number of nitrogens with one attached hydrogen (secondary N) is 1. The Hall–Kier alpha value is -0.700. The van der Waals surface area contributed by atoms with E-state index in [9.17, 15) is 13.2 Å². The van der Waals surface area contributed by atoms with Crippen molar-refractivity contribution in [3.05, 3.63) is 0 Å². The Morgan fingerprint density at radius 1 is 1.08 bits per heavy atom. The van der Waals surface area contributed by atoms with Gasteiger partial charge in [-0.15, -0.1) is 0 Å². The van der Waals surface area contributed by atoms with Crippen molar-refractivity contribution in [3.63, 3.8) is 0 Å². The minimum atomic E-state index is -3.42. The Balaban J connectivity index is 1.52. The predicted molar refractivity (Wildman–Crippen MR) is 90.5 cm³/mol. The number of nitrogens with zero attached hydrogens (tertiary/aromatic N) is 2. The molecule has 3 fully saturated rings. The molecule has 0 aliphatic carbocycles. The molecule has 0 amide bonds. The van der Waals surface area contributed by atoms with Crippen LogP contribution in [-0.2, 0) is 19.7 Å². The van der Waals surface area contributed by atoms with E-state index in [1.807, 2.05) is 0 Å². The number of likely N-dealkylation sites (tertiary alicyclic amines) is 1. The lowest BCUT2D eigenvalue weighted by atomic mass is 9.94. The molecule has 138 valence electrons. The van der Waals surface area contributed by atoms with Gasteiger partial charge in [0.15, 0.2) is 0 Å². The van der Waals surface area contributed by atoms with Crippen molar-refractivity contribution in [1.29, 1.82) is 0 Å². The Labute approximate surface area is 144 Å². The summed E-state index contributed by atoms with van der Waals surface area (Å²) in [5, 5.41) is 0. The van der Waals surface area contributed by atoms with Gasteiger partial charge in [-0.3, -0.25) is 9.69 Å². The van der Waals surface area contributed by atoms with E-state index < -0.39 is 10.2 Å². The van der Waals surface area contributed by atoms with Crippen LogP contribution in [0, 0.1) is 11.8 Å². The van der Waals surface area contributed by atoms with E-state index in [0.717, 1.165) is 38.8 Å². The van der Waals surface area contributed by atoms with Crippen LogP contribution in [0.4, 0.5) is 0 Å². The van der Waals surface area contributed by atoms with Crippen molar-refractivity contribution in [2.75, 3.05) is 32.8 Å². The van der Waals surface area contributed by atoms with Crippen molar-refractivity contribution in [1.82, 2.24) is 13.9 Å². The van der Waals surface area contributed by atoms with E-state index >= 15 is 0 Å². The highest BCUT2D eigenvalue weighted by atomic mass is 32.2. The molecule has 3 aliphatic rings. The number of ether oxygens (including phenoxy) is 1. The third-order valence-electron chi connectivity index (χ3n) is 5.37. The van der Waals surface area contributed by atoms with Gasteiger partial charge in [0.1, 0.15) is 6.04 Å². The van der Waals surface area contributed by atoms with E-state index in [0.29, 0.717) is 31.5 Å². The molecular weight excluding hydrogens is 330 g/mol. The van der Waals surface area contributed by atoms with E-state index in [2.05, 4.69) is 23.5 Å². The summed E-state index contributed by atoms with van der Waals surface area (Å²) in [6.45, 7) is 7.40. The summed E-state index contributed by atoms with van der Waals surface area (Å²) in [6, 6.07) is -0.178. The standard InChI is InChI=1S/C16H29N3O4S/c1-12-9-13(2)11-19(10-12)24(21,22)17-14-3-6-18(7-4-14)15-5-8-23-16(15)20/h12-15,17H,3-11H2,1-2H3/t12-,13-,15-/m1/s1. The smallest absolute Gasteiger partial charge is 0.323 e. The van der Waals surface area contributed by atoms with Gasteiger partial charge >= 0.3 is 5.97 Å². The Morgan fingerprint density at radius 3 is 2.25 bits per heavy atom. The van der Waals surface area contributed by atoms with Crippen LogP contribution >= 0.6 is 0 Å². The highest BCUT2D eigenvalue weighted by Crippen LogP contribution is 2.24. The van der Waals surface area contributed by atoms with Gasteiger partial charge in [-0.2, -0.15) is 17.4 Å². The third kappa shape index (κ3) is 4.09. The fourth-order valence-corrected chi connectivity index (χ4v) is 5.94. The maximum atomic E-state index is 12.7. The molecular formula is C16H29N3O4S. The number of esters is 1. The molecule has 0 spiro atoms. The second kappa shape index (κ2) is 7.27. The Morgan fingerprint density at radius 2 is 1.71 bits per heavy atom. The largest absolute Gasteiger partial charge is 0.464 e. The van der Waals surface area contributed by atoms with Crippen LogP contribution in [0.5, 0.6) is 0 Å². The van der Waals surface area contributed by atoms with E-state index in [4.69, 9.17) is 4.74 Å². The summed E-state index contributed by atoms with van der Waals surface area (Å²) in [5.41, 5.74) is 0. The minimum absolute atomic E-state index is 0.0452. The Bertz CT molecular complexity index is 550. The number of hydrogen-bond acceptors (Lipinski definition) is 5. The zero-order valence-electron chi connectivity index (χ0n) is 14.6. The molecule has 0 unspecified atom stereocenters. The fraction of sp³-hybridized carbons (Fsp3) is 0.938. The molecule has 3 saturated heterocycles. The van der Waals surface area contributed by atoms with Gasteiger partial charge in [0, 0.05) is 38.6 Å². The first-order valence-corrected chi connectivity index (χ1v) is 10.5. The monoisotopic (exact) mass is 359 g/mol. The summed E-state index contributed by atoms with van der Waals surface area (Å²) in [6.07, 6.45) is 3.31. The number of carbonyl (C=O) groups is 1. The normalized spacial score (nSPS) is 34.4. The Kier molecular flexibility index (Phi) is 5.48. The summed E-state index contributed by atoms with van der Waals surface area (Å²) in [5.74, 6) is 0.673. The zero-order valence-corrected chi connectivity index (χ0v) is 15.4. The van der Waals surface area contributed by atoms with Crippen molar-refractivity contribution in [3.8, 4) is 0 Å². The van der Waals surface area contributed by atoms with Crippen LogP contribution < -0.4 is 4.72 Å². The molecule has 24 heavy (non-hydrogen) atoms. The van der Waals surface area contributed by atoms with E-state index in [-0.39, 0.29) is 18.1 Å². The molecule has 8 heteroatoms. The maximum absolute atomic E-state index is 12.7. The first kappa shape index (κ1) is 18.1. The van der Waals surface area contributed by atoms with Gasteiger partial charge in [0.05, 0.1) is 6.61 Å². The maximum Gasteiger partial charge on any atom is 0.323 e. The van der Waals surface area contributed by atoms with Crippen LogP contribution in [0.3, 0.4) is 0 Å². The van der Waals surface area contributed by atoms with Crippen molar-refractivity contribution >= 4 is 16.2 Å². The van der Waals surface area contributed by atoms with Crippen LogP contribution in [0.25, 0.3) is 0 Å². The lowest BCUT2D eigenvalue weighted by molar-refractivity contribution is -0.142. The predicted octanol–water partition coefficient (Wildman–Crippen LogP) is 0.579. The molecule has 0 radical (unpaired) electrons. The summed E-state index contributed by atoms with van der Waals surface area (Å²) in [7, 11) is -3.42. The van der Waals surface area contributed by atoms with Crippen molar-refractivity contribution in [2.45, 2.75) is 51.6 Å². The highest BCUT2D eigenvalue weighted by Gasteiger charge is 2.36. The van der Waals surface area contributed by atoms with Crippen LogP contribution in [0.2, 0.25) is 0 Å². The molecule has 3 atom stereocenters. The van der Waals surface area contributed by atoms with Gasteiger partial charge in [-0.1, -0.05) is 13.8 Å². The second-order valence-electron chi connectivity index (χ2n) is 7.67. The molecule has 3 aliphatic heterocycles. The van der Waals surface area contributed by atoms with Crippen molar-refractivity contribution in [2.24, 2.45) is 11.8 Å². The molecule has 7 nitrogen and oxygen atoms in total. The molecule has 0 aromatic rings. The number of rotatable bonds is 4. The number of carbonyl (C=O) groups excluding carboxylic acids is 1. The lowest BCUT2D eigenvalue weighted by Crippen LogP contribution is -2.54. The van der Waals surface area contributed by atoms with E-state index in [1.165, 1.54) is 0 Å². The average Bonchev–Trinajstić information content (AvgIpc) is 2.93. The second-order valence-corrected chi connectivity index (χ2v) is 9.37. The average molecular weight is 359 g/mol. The number of piperidine rings is 2. The zero-order chi connectivity index (χ0) is 17.3.